The molecule has 0 aliphatic carbocycles. The summed E-state index contributed by atoms with van der Waals surface area (Å²) >= 11 is 13.3. The van der Waals surface area contributed by atoms with E-state index in [0.29, 0.717) is 43.8 Å². The Kier molecular flexibility index (Phi) is 6.93. The molecule has 0 saturated heterocycles. The molecule has 0 saturated carbocycles. The average Bonchev–Trinajstić information content (AvgIpc) is 2.93. The molecule has 6 nitrogen and oxygen atoms in total. The van der Waals surface area contributed by atoms with Crippen LogP contribution in [0.1, 0.15) is 22.4 Å². The summed E-state index contributed by atoms with van der Waals surface area (Å²) in [7, 11) is 0. The van der Waals surface area contributed by atoms with Gasteiger partial charge >= 0.3 is 0 Å². The molecule has 2 aromatic heterocycles. The number of carbonyl (C=O) groups is 1. The smallest absolute Gasteiger partial charge is 0.260 e. The lowest BCUT2D eigenvalue weighted by molar-refractivity contribution is 0.100. The number of benzene rings is 1. The Morgan fingerprint density at radius 2 is 2.00 bits per heavy atom. The lowest BCUT2D eigenvalue weighted by Crippen LogP contribution is -2.10. The Bertz CT molecular complexity index is 1010. The minimum absolute atomic E-state index is 0. The Morgan fingerprint density at radius 1 is 1.30 bits per heavy atom. The number of fused-ring (bicyclic) bond motifs is 1. The summed E-state index contributed by atoms with van der Waals surface area (Å²) in [5.41, 5.74) is 13.1. The molecule has 3 rings (SSSR count). The van der Waals surface area contributed by atoms with Crippen molar-refractivity contribution in [2.45, 2.75) is 13.3 Å². The molecule has 0 bridgehead atoms. The monoisotopic (exact) mass is 444 g/mol. The first-order valence-electron chi connectivity index (χ1n) is 7.76. The third kappa shape index (κ3) is 4.30. The van der Waals surface area contributed by atoms with Crippen LogP contribution in [0.2, 0.25) is 10.0 Å². The number of aliphatic hydroxyl groups is 1. The van der Waals surface area contributed by atoms with Crippen molar-refractivity contribution in [2.75, 3.05) is 12.3 Å². The van der Waals surface area contributed by atoms with Crippen LogP contribution < -0.4 is 11.5 Å². The number of nitrogens with zero attached hydrogens (tertiary/aromatic N) is 2. The Hall–Kier alpha value is -1.58. The molecule has 5 N–H and O–H groups in total. The fourth-order valence-electron chi connectivity index (χ4n) is 2.57. The molecule has 1 aromatic carbocycles. The maximum atomic E-state index is 11.7. The molecule has 3 aromatic rings. The van der Waals surface area contributed by atoms with Crippen LogP contribution >= 0.6 is 48.0 Å². The van der Waals surface area contributed by atoms with Crippen molar-refractivity contribution in [3.63, 3.8) is 0 Å². The number of aliphatic hydroxyl groups excluding tert-OH is 1. The van der Waals surface area contributed by atoms with Crippen LogP contribution in [0.3, 0.4) is 0 Å². The van der Waals surface area contributed by atoms with Crippen molar-refractivity contribution in [3.8, 4) is 11.3 Å². The van der Waals surface area contributed by atoms with Crippen LogP contribution in [-0.2, 0) is 6.42 Å². The van der Waals surface area contributed by atoms with E-state index in [2.05, 4.69) is 9.97 Å². The largest absolute Gasteiger partial charge is 0.397 e. The molecule has 0 aliphatic rings. The van der Waals surface area contributed by atoms with Gasteiger partial charge in [-0.2, -0.15) is 13.5 Å². The van der Waals surface area contributed by atoms with Gasteiger partial charge in [0.15, 0.2) is 0 Å². The van der Waals surface area contributed by atoms with Crippen LogP contribution in [0.5, 0.6) is 0 Å². The van der Waals surface area contributed by atoms with Gasteiger partial charge in [-0.1, -0.05) is 36.2 Å². The van der Waals surface area contributed by atoms with Gasteiger partial charge in [0.05, 0.1) is 26.8 Å². The summed E-state index contributed by atoms with van der Waals surface area (Å²) in [6, 6.07) is 5.13. The second kappa shape index (κ2) is 8.62. The Morgan fingerprint density at radius 3 is 2.59 bits per heavy atom. The molecular formula is C17H18Cl2N4O2S2. The summed E-state index contributed by atoms with van der Waals surface area (Å²) in [4.78, 5) is 21.6. The quantitative estimate of drug-likeness (QED) is 0.555. The van der Waals surface area contributed by atoms with Gasteiger partial charge in [0, 0.05) is 18.6 Å². The first-order chi connectivity index (χ1) is 12.3. The Balaban J connectivity index is 0.00000261. The normalized spacial score (nSPS) is 12.0. The highest BCUT2D eigenvalue weighted by atomic mass is 35.5. The van der Waals surface area contributed by atoms with Gasteiger partial charge in [-0.05, 0) is 18.1 Å². The summed E-state index contributed by atoms with van der Waals surface area (Å²) in [6.45, 7) is 1.91. The van der Waals surface area contributed by atoms with Crippen LogP contribution in [0.15, 0.2) is 18.2 Å². The lowest BCUT2D eigenvalue weighted by Gasteiger charge is -2.10. The molecule has 0 spiro atoms. The maximum absolute atomic E-state index is 11.7. The van der Waals surface area contributed by atoms with Gasteiger partial charge in [0.2, 0.25) is 0 Å². The molecular weight excluding hydrogens is 427 g/mol. The average molecular weight is 445 g/mol. The number of hydrogen-bond donors (Lipinski definition) is 3. The molecule has 0 aliphatic heterocycles. The molecule has 0 unspecified atom stereocenters. The lowest BCUT2D eigenvalue weighted by atomic mass is 10.1. The predicted octanol–water partition coefficient (Wildman–Crippen LogP) is 3.63. The number of thiophene rings is 1. The van der Waals surface area contributed by atoms with Crippen LogP contribution in [0.25, 0.3) is 21.5 Å². The maximum Gasteiger partial charge on any atom is 0.260 e. The van der Waals surface area contributed by atoms with Crippen LogP contribution in [0, 0.1) is 5.92 Å². The molecule has 0 radical (unpaired) electrons. The van der Waals surface area contributed by atoms with E-state index in [1.807, 2.05) is 6.92 Å². The number of amides is 1. The molecule has 1 atom stereocenters. The van der Waals surface area contributed by atoms with E-state index in [9.17, 15) is 9.90 Å². The van der Waals surface area contributed by atoms with Crippen molar-refractivity contribution >= 4 is 69.8 Å². The summed E-state index contributed by atoms with van der Waals surface area (Å²) < 4.78 is 0. The zero-order valence-electron chi connectivity index (χ0n) is 14.3. The third-order valence-corrected chi connectivity index (χ3v) is 5.75. The number of carbonyl (C=O) groups excluding carboxylic acids is 1. The standard InChI is InChI=1S/C17H16Cl2N4O2S.H2S/c1-7(6-24)4-11-22-14(8-2-3-9(18)10(19)5-8)12-13(20)15(16(21)25)26-17(12)23-11;/h2-3,5,7,24H,4,6,20H2,1H3,(H2,21,25);1H2/t7-;/m0./s1. The zero-order chi connectivity index (χ0) is 19.0. The van der Waals surface area contributed by atoms with Crippen LogP contribution in [-0.4, -0.2) is 27.6 Å². The predicted molar refractivity (Wildman–Crippen MR) is 116 cm³/mol. The van der Waals surface area contributed by atoms with E-state index in [0.717, 1.165) is 11.3 Å². The topological polar surface area (TPSA) is 115 Å². The van der Waals surface area contributed by atoms with Crippen molar-refractivity contribution in [2.24, 2.45) is 11.7 Å². The summed E-state index contributed by atoms with van der Waals surface area (Å²) in [5, 5.41) is 10.7. The van der Waals surface area contributed by atoms with Crippen molar-refractivity contribution < 1.29 is 9.90 Å². The highest BCUT2D eigenvalue weighted by Crippen LogP contribution is 2.39. The number of nitrogen functional groups attached to an aromatic ring is 1. The second-order valence-corrected chi connectivity index (χ2v) is 7.81. The molecule has 27 heavy (non-hydrogen) atoms. The van der Waals surface area contributed by atoms with Crippen molar-refractivity contribution in [1.82, 2.24) is 9.97 Å². The number of aromatic nitrogens is 2. The van der Waals surface area contributed by atoms with Gasteiger partial charge in [0.1, 0.15) is 15.5 Å². The summed E-state index contributed by atoms with van der Waals surface area (Å²) in [5.74, 6) is -0.0877. The van der Waals surface area contributed by atoms with E-state index in [-0.39, 0.29) is 36.6 Å². The second-order valence-electron chi connectivity index (χ2n) is 6.00. The molecule has 144 valence electrons. The fourth-order valence-corrected chi connectivity index (χ4v) is 3.83. The van der Waals surface area contributed by atoms with Crippen molar-refractivity contribution in [1.29, 1.82) is 0 Å². The first-order valence-corrected chi connectivity index (χ1v) is 9.34. The number of primary amides is 1. The minimum atomic E-state index is -0.615. The number of rotatable bonds is 5. The van der Waals surface area contributed by atoms with Gasteiger partial charge in [-0.25, -0.2) is 9.97 Å². The summed E-state index contributed by atoms with van der Waals surface area (Å²) in [6.07, 6.45) is 0.477. The highest BCUT2D eigenvalue weighted by Gasteiger charge is 2.21. The number of halogens is 2. The van der Waals surface area contributed by atoms with Crippen molar-refractivity contribution in [3.05, 3.63) is 38.9 Å². The van der Waals surface area contributed by atoms with Gasteiger partial charge in [0.25, 0.3) is 5.91 Å². The SMILES string of the molecule is C[C@H](CO)Cc1nc(-c2ccc(Cl)c(Cl)c2)c2c(N)c(C(N)=O)sc2n1.S. The van der Waals surface area contributed by atoms with Gasteiger partial charge < -0.3 is 16.6 Å². The first kappa shape index (κ1) is 21.7. The molecule has 10 heteroatoms. The van der Waals surface area contributed by atoms with Crippen LogP contribution in [0.4, 0.5) is 5.69 Å². The van der Waals surface area contributed by atoms with Gasteiger partial charge in [-0.15, -0.1) is 11.3 Å². The molecule has 0 fully saturated rings. The van der Waals surface area contributed by atoms with E-state index in [4.69, 9.17) is 34.7 Å². The van der Waals surface area contributed by atoms with E-state index in [1.54, 1.807) is 18.2 Å². The molecule has 1 amide bonds. The van der Waals surface area contributed by atoms with E-state index < -0.39 is 5.91 Å². The fraction of sp³-hybridized carbons (Fsp3) is 0.235. The highest BCUT2D eigenvalue weighted by molar-refractivity contribution is 7.59. The van der Waals surface area contributed by atoms with Gasteiger partial charge in [-0.3, -0.25) is 4.79 Å². The minimum Gasteiger partial charge on any atom is -0.397 e. The molecule has 2 heterocycles. The van der Waals surface area contributed by atoms with E-state index >= 15 is 0 Å². The van der Waals surface area contributed by atoms with E-state index in [1.165, 1.54) is 0 Å². The zero-order valence-corrected chi connectivity index (χ0v) is 17.6. The number of nitrogens with two attached hydrogens (primary N) is 2. The number of hydrogen-bond acceptors (Lipinski definition) is 6. The third-order valence-electron chi connectivity index (χ3n) is 3.89. The number of anilines is 1. The Labute approximate surface area is 177 Å².